The predicted molar refractivity (Wildman–Crippen MR) is 75.9 cm³/mol. The Morgan fingerprint density at radius 2 is 2.16 bits per heavy atom. The van der Waals surface area contributed by atoms with Crippen molar-refractivity contribution in [3.63, 3.8) is 0 Å². The third-order valence-corrected chi connectivity index (χ3v) is 3.45. The van der Waals surface area contributed by atoms with Gasteiger partial charge in [0, 0.05) is 23.2 Å². The molecule has 4 nitrogen and oxygen atoms in total. The van der Waals surface area contributed by atoms with Crippen molar-refractivity contribution in [2.45, 2.75) is 13.3 Å². The Morgan fingerprint density at radius 3 is 2.84 bits per heavy atom. The van der Waals surface area contributed by atoms with Gasteiger partial charge in [0.05, 0.1) is 5.02 Å². The van der Waals surface area contributed by atoms with Gasteiger partial charge in [-0.25, -0.2) is 0 Å². The summed E-state index contributed by atoms with van der Waals surface area (Å²) in [4.78, 5) is 0. The summed E-state index contributed by atoms with van der Waals surface area (Å²) in [5, 5.41) is 5.03. The summed E-state index contributed by atoms with van der Waals surface area (Å²) in [5.41, 5.74) is 6.99. The van der Waals surface area contributed by atoms with Crippen LogP contribution in [-0.2, 0) is 6.42 Å². The number of ether oxygens (including phenoxy) is 1. The quantitative estimate of drug-likeness (QED) is 0.917. The Bertz CT molecular complexity index is 570. The number of nitrogens with zero attached hydrogens (tertiary/aromatic N) is 1. The van der Waals surface area contributed by atoms with E-state index in [2.05, 4.69) is 5.16 Å². The molecule has 0 bridgehead atoms. The van der Waals surface area contributed by atoms with Crippen LogP contribution in [0.1, 0.15) is 12.5 Å². The van der Waals surface area contributed by atoms with Crippen LogP contribution in [0.5, 0.6) is 5.88 Å². The molecule has 19 heavy (non-hydrogen) atoms. The van der Waals surface area contributed by atoms with Gasteiger partial charge in [0.15, 0.2) is 5.76 Å². The maximum absolute atomic E-state index is 6.33. The Morgan fingerprint density at radius 1 is 1.37 bits per heavy atom. The van der Waals surface area contributed by atoms with E-state index in [1.165, 1.54) is 0 Å². The molecule has 6 heteroatoms. The second kappa shape index (κ2) is 6.28. The van der Waals surface area contributed by atoms with Gasteiger partial charge in [-0.3, -0.25) is 0 Å². The molecule has 2 N–H and O–H groups in total. The molecule has 0 aliphatic rings. The lowest BCUT2D eigenvalue weighted by Crippen LogP contribution is -2.10. The molecule has 1 heterocycles. The van der Waals surface area contributed by atoms with E-state index in [9.17, 15) is 0 Å². The molecule has 2 rings (SSSR count). The number of aromatic nitrogens is 1. The SMILES string of the molecule is CCc1c(Cl)ccc(-c2cc(OCCN)no2)c1Cl. The molecule has 0 spiro atoms. The fourth-order valence-corrected chi connectivity index (χ4v) is 2.46. The zero-order chi connectivity index (χ0) is 13.8. The van der Waals surface area contributed by atoms with Gasteiger partial charge in [-0.2, -0.15) is 0 Å². The lowest BCUT2D eigenvalue weighted by atomic mass is 10.1. The van der Waals surface area contributed by atoms with E-state index in [4.69, 9.17) is 38.2 Å². The van der Waals surface area contributed by atoms with Crippen LogP contribution in [0.4, 0.5) is 0 Å². The van der Waals surface area contributed by atoms with Crippen LogP contribution in [0, 0.1) is 0 Å². The average Bonchev–Trinajstić information content (AvgIpc) is 2.85. The summed E-state index contributed by atoms with van der Waals surface area (Å²) in [6.45, 7) is 2.80. The first kappa shape index (κ1) is 14.2. The highest BCUT2D eigenvalue weighted by Gasteiger charge is 2.15. The third-order valence-electron chi connectivity index (χ3n) is 2.66. The molecule has 0 aliphatic carbocycles. The van der Waals surface area contributed by atoms with Gasteiger partial charge in [0.25, 0.3) is 5.88 Å². The highest BCUT2D eigenvalue weighted by Crippen LogP contribution is 2.36. The summed E-state index contributed by atoms with van der Waals surface area (Å²) in [7, 11) is 0. The first-order chi connectivity index (χ1) is 9.17. The number of rotatable bonds is 5. The van der Waals surface area contributed by atoms with Gasteiger partial charge < -0.3 is 15.0 Å². The van der Waals surface area contributed by atoms with E-state index in [0.29, 0.717) is 34.8 Å². The summed E-state index contributed by atoms with van der Waals surface area (Å²) in [5.74, 6) is 0.938. The van der Waals surface area contributed by atoms with Gasteiger partial charge >= 0.3 is 0 Å². The minimum atomic E-state index is 0.389. The highest BCUT2D eigenvalue weighted by molar-refractivity contribution is 6.37. The molecular formula is C13H14Cl2N2O2. The van der Waals surface area contributed by atoms with Crippen LogP contribution < -0.4 is 10.5 Å². The topological polar surface area (TPSA) is 61.3 Å². The Hall–Kier alpha value is -1.23. The molecule has 1 aromatic carbocycles. The molecule has 0 fully saturated rings. The lowest BCUT2D eigenvalue weighted by Gasteiger charge is -2.07. The van der Waals surface area contributed by atoms with E-state index in [1.54, 1.807) is 18.2 Å². The van der Waals surface area contributed by atoms with Crippen molar-refractivity contribution in [3.05, 3.63) is 33.8 Å². The normalized spacial score (nSPS) is 10.7. The lowest BCUT2D eigenvalue weighted by molar-refractivity contribution is 0.288. The molecule has 2 aromatic rings. The second-order valence-electron chi connectivity index (χ2n) is 3.91. The van der Waals surface area contributed by atoms with Crippen molar-refractivity contribution in [1.82, 2.24) is 5.16 Å². The first-order valence-corrected chi connectivity index (χ1v) is 6.69. The molecule has 0 aliphatic heterocycles. The smallest absolute Gasteiger partial charge is 0.254 e. The van der Waals surface area contributed by atoms with Crippen molar-refractivity contribution >= 4 is 23.2 Å². The zero-order valence-corrected chi connectivity index (χ0v) is 12.0. The van der Waals surface area contributed by atoms with Crippen molar-refractivity contribution in [2.75, 3.05) is 13.2 Å². The van der Waals surface area contributed by atoms with E-state index >= 15 is 0 Å². The zero-order valence-electron chi connectivity index (χ0n) is 10.5. The number of hydrogen-bond acceptors (Lipinski definition) is 4. The molecule has 1 aromatic heterocycles. The molecular weight excluding hydrogens is 287 g/mol. The maximum atomic E-state index is 6.33. The predicted octanol–water partition coefficient (Wildman–Crippen LogP) is 3.55. The molecule has 0 saturated carbocycles. The fraction of sp³-hybridized carbons (Fsp3) is 0.308. The van der Waals surface area contributed by atoms with Crippen LogP contribution in [0.25, 0.3) is 11.3 Å². The van der Waals surface area contributed by atoms with E-state index < -0.39 is 0 Å². The minimum Gasteiger partial charge on any atom is -0.474 e. The second-order valence-corrected chi connectivity index (χ2v) is 4.69. The molecule has 0 atom stereocenters. The number of halogens is 2. The standard InChI is InChI=1S/C13H14Cl2N2O2/c1-2-8-10(14)4-3-9(13(8)15)11-7-12(17-19-11)18-6-5-16/h3-4,7H,2,5-6,16H2,1H3. The number of hydrogen-bond donors (Lipinski definition) is 1. The Balaban J connectivity index is 2.34. The van der Waals surface area contributed by atoms with Crippen LogP contribution in [0.2, 0.25) is 10.0 Å². The van der Waals surface area contributed by atoms with Crippen LogP contribution in [-0.4, -0.2) is 18.3 Å². The maximum Gasteiger partial charge on any atom is 0.254 e. The van der Waals surface area contributed by atoms with Crippen LogP contribution >= 0.6 is 23.2 Å². The van der Waals surface area contributed by atoms with Crippen LogP contribution in [0.15, 0.2) is 22.7 Å². The summed E-state index contributed by atoms with van der Waals surface area (Å²) < 4.78 is 10.5. The molecule has 0 unspecified atom stereocenters. The molecule has 102 valence electrons. The van der Waals surface area contributed by atoms with E-state index in [0.717, 1.165) is 17.5 Å². The van der Waals surface area contributed by atoms with E-state index in [1.807, 2.05) is 6.92 Å². The first-order valence-electron chi connectivity index (χ1n) is 5.94. The monoisotopic (exact) mass is 300 g/mol. The fourth-order valence-electron chi connectivity index (χ4n) is 1.73. The molecule has 0 saturated heterocycles. The minimum absolute atomic E-state index is 0.389. The molecule has 0 amide bonds. The number of nitrogens with two attached hydrogens (primary N) is 1. The van der Waals surface area contributed by atoms with E-state index in [-0.39, 0.29) is 0 Å². The van der Waals surface area contributed by atoms with Gasteiger partial charge in [0.1, 0.15) is 6.61 Å². The van der Waals surface area contributed by atoms with Gasteiger partial charge in [0.2, 0.25) is 0 Å². The van der Waals surface area contributed by atoms with Crippen molar-refractivity contribution in [3.8, 4) is 17.2 Å². The van der Waals surface area contributed by atoms with Crippen molar-refractivity contribution < 1.29 is 9.26 Å². The van der Waals surface area contributed by atoms with Crippen molar-refractivity contribution in [2.24, 2.45) is 5.73 Å². The van der Waals surface area contributed by atoms with Gasteiger partial charge in [-0.1, -0.05) is 30.1 Å². The average molecular weight is 301 g/mol. The largest absolute Gasteiger partial charge is 0.474 e. The van der Waals surface area contributed by atoms with Gasteiger partial charge in [-0.05, 0) is 29.3 Å². The Kier molecular flexibility index (Phi) is 4.69. The summed E-state index contributed by atoms with van der Waals surface area (Å²) in [6, 6.07) is 5.28. The number of benzene rings is 1. The molecule has 0 radical (unpaired) electrons. The van der Waals surface area contributed by atoms with Gasteiger partial charge in [-0.15, -0.1) is 0 Å². The summed E-state index contributed by atoms with van der Waals surface area (Å²) in [6.07, 6.45) is 0.746. The third kappa shape index (κ3) is 3.03. The summed E-state index contributed by atoms with van der Waals surface area (Å²) >= 11 is 12.4. The Labute approximate surface area is 121 Å². The van der Waals surface area contributed by atoms with Crippen LogP contribution in [0.3, 0.4) is 0 Å². The highest BCUT2D eigenvalue weighted by atomic mass is 35.5. The van der Waals surface area contributed by atoms with Crippen molar-refractivity contribution in [1.29, 1.82) is 0 Å².